The molecule has 3 N–H and O–H groups in total. The average Bonchev–Trinajstić information content (AvgIpc) is 2.61. The first-order chi connectivity index (χ1) is 11.3. The maximum absolute atomic E-state index is 12.8. The van der Waals surface area contributed by atoms with Crippen molar-refractivity contribution in [2.75, 3.05) is 5.43 Å². The summed E-state index contributed by atoms with van der Waals surface area (Å²) >= 11 is 0. The topological polar surface area (TPSA) is 85.8 Å². The highest BCUT2D eigenvalue weighted by atomic mass is 16.1. The molecule has 0 amide bonds. The molecule has 0 spiro atoms. The third-order valence-corrected chi connectivity index (χ3v) is 3.74. The smallest absolute Gasteiger partial charge is 0.267 e. The number of nitrogen functional groups attached to an aromatic ring is 1. The molecule has 2 aromatic carbocycles. The van der Waals surface area contributed by atoms with Crippen molar-refractivity contribution in [2.24, 2.45) is 5.84 Å². The van der Waals surface area contributed by atoms with Gasteiger partial charge in [0.25, 0.3) is 5.56 Å². The van der Waals surface area contributed by atoms with Gasteiger partial charge in [-0.05, 0) is 24.3 Å². The molecule has 0 saturated heterocycles. The SMILES string of the molecule is NNc1nc2ccccc2c(=O)n1-c1cnc2ccccc2c1. The number of nitrogens with two attached hydrogens (primary N) is 1. The number of aromatic nitrogens is 3. The molecule has 6 nitrogen and oxygen atoms in total. The number of benzene rings is 2. The summed E-state index contributed by atoms with van der Waals surface area (Å²) in [6, 6.07) is 16.8. The Bertz CT molecular complexity index is 1090. The van der Waals surface area contributed by atoms with Gasteiger partial charge in [0, 0.05) is 5.39 Å². The summed E-state index contributed by atoms with van der Waals surface area (Å²) in [6.45, 7) is 0. The number of fused-ring (bicyclic) bond motifs is 2. The lowest BCUT2D eigenvalue weighted by Crippen LogP contribution is -2.26. The molecule has 4 aromatic rings. The van der Waals surface area contributed by atoms with E-state index >= 15 is 0 Å². The summed E-state index contributed by atoms with van der Waals surface area (Å²) in [7, 11) is 0. The van der Waals surface area contributed by atoms with Crippen molar-refractivity contribution in [3.63, 3.8) is 0 Å². The van der Waals surface area contributed by atoms with E-state index in [4.69, 9.17) is 5.84 Å². The first kappa shape index (κ1) is 13.4. The third-order valence-electron chi connectivity index (χ3n) is 3.74. The van der Waals surface area contributed by atoms with Gasteiger partial charge in [0.2, 0.25) is 5.95 Å². The normalized spacial score (nSPS) is 11.0. The number of anilines is 1. The lowest BCUT2D eigenvalue weighted by atomic mass is 10.2. The van der Waals surface area contributed by atoms with E-state index in [0.29, 0.717) is 16.6 Å². The van der Waals surface area contributed by atoms with E-state index in [2.05, 4.69) is 15.4 Å². The number of pyridine rings is 1. The molecule has 0 radical (unpaired) electrons. The van der Waals surface area contributed by atoms with Crippen molar-refractivity contribution < 1.29 is 0 Å². The van der Waals surface area contributed by atoms with Crippen LogP contribution < -0.4 is 16.8 Å². The Kier molecular flexibility index (Phi) is 3.03. The highest BCUT2D eigenvalue weighted by Gasteiger charge is 2.12. The van der Waals surface area contributed by atoms with E-state index < -0.39 is 0 Å². The largest absolute Gasteiger partial charge is 0.293 e. The van der Waals surface area contributed by atoms with Gasteiger partial charge in [-0.1, -0.05) is 30.3 Å². The molecule has 2 heterocycles. The van der Waals surface area contributed by atoms with Crippen LogP contribution in [-0.4, -0.2) is 14.5 Å². The molecule has 6 heteroatoms. The predicted octanol–water partition coefficient (Wildman–Crippen LogP) is 2.22. The van der Waals surface area contributed by atoms with E-state index in [1.165, 1.54) is 4.57 Å². The molecule has 0 unspecified atom stereocenters. The summed E-state index contributed by atoms with van der Waals surface area (Å²) in [5.41, 5.74) is 4.37. The van der Waals surface area contributed by atoms with Crippen LogP contribution in [0.4, 0.5) is 5.95 Å². The van der Waals surface area contributed by atoms with Crippen LogP contribution >= 0.6 is 0 Å². The van der Waals surface area contributed by atoms with Gasteiger partial charge in [-0.3, -0.25) is 15.2 Å². The zero-order valence-electron chi connectivity index (χ0n) is 12.1. The van der Waals surface area contributed by atoms with Gasteiger partial charge in [0.05, 0.1) is 28.3 Å². The maximum Gasteiger partial charge on any atom is 0.267 e. The molecular formula is C17H13N5O. The first-order valence-corrected chi connectivity index (χ1v) is 7.11. The molecular weight excluding hydrogens is 290 g/mol. The molecule has 112 valence electrons. The molecule has 2 aromatic heterocycles. The van der Waals surface area contributed by atoms with Crippen molar-refractivity contribution >= 4 is 27.8 Å². The summed E-state index contributed by atoms with van der Waals surface area (Å²) in [6.07, 6.45) is 1.64. The summed E-state index contributed by atoms with van der Waals surface area (Å²) < 4.78 is 1.43. The van der Waals surface area contributed by atoms with Gasteiger partial charge in [0.15, 0.2) is 0 Å². The first-order valence-electron chi connectivity index (χ1n) is 7.11. The fourth-order valence-electron chi connectivity index (χ4n) is 2.65. The summed E-state index contributed by atoms with van der Waals surface area (Å²) in [4.78, 5) is 21.7. The Labute approximate surface area is 131 Å². The molecule has 0 aliphatic heterocycles. The molecule has 0 saturated carbocycles. The highest BCUT2D eigenvalue weighted by Crippen LogP contribution is 2.18. The van der Waals surface area contributed by atoms with E-state index in [1.54, 1.807) is 18.3 Å². The summed E-state index contributed by atoms with van der Waals surface area (Å²) in [5, 5.41) is 1.47. The van der Waals surface area contributed by atoms with E-state index in [9.17, 15) is 4.79 Å². The number of rotatable bonds is 2. The molecule has 0 fully saturated rings. The highest BCUT2D eigenvalue weighted by molar-refractivity contribution is 5.82. The van der Waals surface area contributed by atoms with Crippen LogP contribution in [0.2, 0.25) is 0 Å². The van der Waals surface area contributed by atoms with Gasteiger partial charge in [-0.25, -0.2) is 15.4 Å². The second-order valence-electron chi connectivity index (χ2n) is 5.12. The van der Waals surface area contributed by atoms with Crippen LogP contribution in [0.5, 0.6) is 0 Å². The average molecular weight is 303 g/mol. The molecule has 0 bridgehead atoms. The van der Waals surface area contributed by atoms with Gasteiger partial charge < -0.3 is 0 Å². The minimum absolute atomic E-state index is 0.194. The van der Waals surface area contributed by atoms with E-state index in [-0.39, 0.29) is 11.5 Å². The van der Waals surface area contributed by atoms with Crippen molar-refractivity contribution in [2.45, 2.75) is 0 Å². The molecule has 4 rings (SSSR count). The lowest BCUT2D eigenvalue weighted by Gasteiger charge is -2.12. The minimum Gasteiger partial charge on any atom is -0.293 e. The zero-order chi connectivity index (χ0) is 15.8. The molecule has 0 aliphatic carbocycles. The lowest BCUT2D eigenvalue weighted by molar-refractivity contribution is 0.951. The van der Waals surface area contributed by atoms with Crippen LogP contribution in [0.25, 0.3) is 27.5 Å². The predicted molar refractivity (Wildman–Crippen MR) is 90.5 cm³/mol. The van der Waals surface area contributed by atoms with Crippen LogP contribution in [0, 0.1) is 0 Å². The van der Waals surface area contributed by atoms with Crippen molar-refractivity contribution in [1.82, 2.24) is 14.5 Å². The minimum atomic E-state index is -0.194. The second-order valence-corrected chi connectivity index (χ2v) is 5.12. The number of para-hydroxylation sites is 2. The molecule has 23 heavy (non-hydrogen) atoms. The fraction of sp³-hybridized carbons (Fsp3) is 0. The van der Waals surface area contributed by atoms with Crippen molar-refractivity contribution in [1.29, 1.82) is 0 Å². The fourth-order valence-corrected chi connectivity index (χ4v) is 2.65. The van der Waals surface area contributed by atoms with Gasteiger partial charge in [-0.2, -0.15) is 0 Å². The van der Waals surface area contributed by atoms with Crippen molar-refractivity contribution in [3.05, 3.63) is 71.1 Å². The monoisotopic (exact) mass is 303 g/mol. The maximum atomic E-state index is 12.8. The van der Waals surface area contributed by atoms with Gasteiger partial charge in [-0.15, -0.1) is 0 Å². The Morgan fingerprint density at radius 3 is 2.57 bits per heavy atom. The number of nitrogens with one attached hydrogen (secondary N) is 1. The number of hydrogen-bond donors (Lipinski definition) is 2. The van der Waals surface area contributed by atoms with Gasteiger partial charge >= 0.3 is 0 Å². The molecule has 0 atom stereocenters. The second kappa shape index (κ2) is 5.19. The number of hydrogen-bond acceptors (Lipinski definition) is 5. The van der Waals surface area contributed by atoms with E-state index in [0.717, 1.165) is 10.9 Å². The number of nitrogens with zero attached hydrogens (tertiary/aromatic N) is 3. The van der Waals surface area contributed by atoms with Crippen LogP contribution in [0.15, 0.2) is 65.6 Å². The van der Waals surface area contributed by atoms with Crippen molar-refractivity contribution in [3.8, 4) is 5.69 Å². The Morgan fingerprint density at radius 1 is 1.00 bits per heavy atom. The quantitative estimate of drug-likeness (QED) is 0.438. The Morgan fingerprint density at radius 2 is 1.74 bits per heavy atom. The zero-order valence-corrected chi connectivity index (χ0v) is 12.1. The van der Waals surface area contributed by atoms with E-state index in [1.807, 2.05) is 42.5 Å². The van der Waals surface area contributed by atoms with Crippen LogP contribution in [0.3, 0.4) is 0 Å². The third kappa shape index (κ3) is 2.13. The van der Waals surface area contributed by atoms with Gasteiger partial charge in [0.1, 0.15) is 0 Å². The summed E-state index contributed by atoms with van der Waals surface area (Å²) in [5.74, 6) is 5.84. The Balaban J connectivity index is 2.06. The Hall–Kier alpha value is -3.25. The molecule has 0 aliphatic rings. The van der Waals surface area contributed by atoms with Crippen LogP contribution in [0.1, 0.15) is 0 Å². The number of hydrazine groups is 1. The van der Waals surface area contributed by atoms with Crippen LogP contribution in [-0.2, 0) is 0 Å². The standard InChI is InChI=1S/C17H13N5O/c18-21-17-20-15-8-4-2-6-13(15)16(23)22(17)12-9-11-5-1-3-7-14(11)19-10-12/h1-10H,18H2,(H,20,21).